The smallest absolute Gasteiger partial charge is 0.409 e. The first-order chi connectivity index (χ1) is 9.56. The number of hydrogen-bond acceptors (Lipinski definition) is 5. The number of nitrogens with zero attached hydrogens (tertiary/aromatic N) is 2. The lowest BCUT2D eigenvalue weighted by molar-refractivity contribution is -0.120. The monoisotopic (exact) mass is 297 g/mol. The molecule has 6 nitrogen and oxygen atoms in total. The van der Waals surface area contributed by atoms with Gasteiger partial charge in [0.05, 0.1) is 23.7 Å². The summed E-state index contributed by atoms with van der Waals surface area (Å²) in [6.07, 6.45) is 0.842. The van der Waals surface area contributed by atoms with Crippen LogP contribution in [0.5, 0.6) is 0 Å². The number of aryl methyl sites for hydroxylation is 2. The average Bonchev–Trinajstić information content (AvgIpc) is 2.70. The van der Waals surface area contributed by atoms with Gasteiger partial charge in [-0.05, 0) is 20.3 Å². The van der Waals surface area contributed by atoms with Crippen molar-refractivity contribution in [2.45, 2.75) is 26.7 Å². The number of thiazole rings is 1. The third-order valence-electron chi connectivity index (χ3n) is 3.09. The van der Waals surface area contributed by atoms with Crippen LogP contribution < -0.4 is 5.32 Å². The summed E-state index contributed by atoms with van der Waals surface area (Å²) in [6.45, 7) is 6.01. The lowest BCUT2D eigenvalue weighted by Crippen LogP contribution is -2.42. The minimum atomic E-state index is -0.295. The van der Waals surface area contributed by atoms with Crippen LogP contribution in [-0.4, -0.2) is 48.1 Å². The van der Waals surface area contributed by atoms with Gasteiger partial charge in [0.25, 0.3) is 0 Å². The van der Waals surface area contributed by atoms with Crippen molar-refractivity contribution in [3.63, 3.8) is 0 Å². The summed E-state index contributed by atoms with van der Waals surface area (Å²) in [6, 6.07) is 0. The molecule has 1 saturated heterocycles. The second-order valence-corrected chi connectivity index (χ2v) is 6.12. The van der Waals surface area contributed by atoms with Crippen LogP contribution in [0.1, 0.15) is 22.0 Å². The highest BCUT2D eigenvalue weighted by atomic mass is 32.1. The van der Waals surface area contributed by atoms with E-state index in [0.717, 1.165) is 22.0 Å². The molecule has 1 N–H and O–H groups in total. The second kappa shape index (κ2) is 6.69. The third-order valence-corrected chi connectivity index (χ3v) is 4.02. The fraction of sp³-hybridized carbons (Fsp3) is 0.615. The molecule has 1 aliphatic rings. The Morgan fingerprint density at radius 1 is 1.50 bits per heavy atom. The van der Waals surface area contributed by atoms with Crippen LogP contribution in [0.3, 0.4) is 0 Å². The van der Waals surface area contributed by atoms with Crippen molar-refractivity contribution in [2.24, 2.45) is 0 Å². The van der Waals surface area contributed by atoms with Crippen LogP contribution in [0.4, 0.5) is 4.79 Å². The van der Waals surface area contributed by atoms with Crippen molar-refractivity contribution in [1.82, 2.24) is 15.2 Å². The van der Waals surface area contributed by atoms with Gasteiger partial charge in [0, 0.05) is 24.5 Å². The van der Waals surface area contributed by atoms with E-state index < -0.39 is 0 Å². The first-order valence-corrected chi connectivity index (χ1v) is 7.49. The van der Waals surface area contributed by atoms with E-state index in [4.69, 9.17) is 4.74 Å². The Morgan fingerprint density at radius 2 is 2.30 bits per heavy atom. The molecule has 0 saturated carbocycles. The predicted molar refractivity (Wildman–Crippen MR) is 75.8 cm³/mol. The van der Waals surface area contributed by atoms with Crippen LogP contribution in [-0.2, 0) is 16.0 Å². The molecule has 2 amide bonds. The molecule has 20 heavy (non-hydrogen) atoms. The Morgan fingerprint density at radius 3 is 2.95 bits per heavy atom. The molecule has 0 radical (unpaired) electrons. The zero-order valence-electron chi connectivity index (χ0n) is 11.8. The minimum Gasteiger partial charge on any atom is -0.449 e. The van der Waals surface area contributed by atoms with Gasteiger partial charge >= 0.3 is 6.09 Å². The van der Waals surface area contributed by atoms with Gasteiger partial charge in [-0.1, -0.05) is 0 Å². The van der Waals surface area contributed by atoms with Gasteiger partial charge < -0.3 is 15.0 Å². The lowest BCUT2D eigenvalue weighted by Gasteiger charge is -2.26. The Labute approximate surface area is 122 Å². The lowest BCUT2D eigenvalue weighted by atomic mass is 10.2. The summed E-state index contributed by atoms with van der Waals surface area (Å²) >= 11 is 1.60. The van der Waals surface area contributed by atoms with Gasteiger partial charge in [-0.15, -0.1) is 11.3 Å². The highest BCUT2D eigenvalue weighted by Crippen LogP contribution is 2.16. The summed E-state index contributed by atoms with van der Waals surface area (Å²) in [5.74, 6) is -0.0659. The topological polar surface area (TPSA) is 71.5 Å². The normalized spacial score (nSPS) is 15.1. The molecular formula is C13H19N3O3S. The summed E-state index contributed by atoms with van der Waals surface area (Å²) in [5.41, 5.74) is 0.836. The van der Waals surface area contributed by atoms with Crippen molar-refractivity contribution in [3.05, 3.63) is 15.6 Å². The van der Waals surface area contributed by atoms with Crippen molar-refractivity contribution in [1.29, 1.82) is 0 Å². The molecule has 2 heterocycles. The predicted octanol–water partition coefficient (Wildman–Crippen LogP) is 1.26. The van der Waals surface area contributed by atoms with E-state index in [1.165, 1.54) is 0 Å². The van der Waals surface area contributed by atoms with Crippen LogP contribution in [0, 0.1) is 13.8 Å². The molecular weight excluding hydrogens is 278 g/mol. The van der Waals surface area contributed by atoms with Crippen LogP contribution in [0.2, 0.25) is 0 Å². The maximum Gasteiger partial charge on any atom is 0.409 e. The molecule has 0 atom stereocenters. The van der Waals surface area contributed by atoms with Gasteiger partial charge in [-0.2, -0.15) is 0 Å². The Balaban J connectivity index is 1.72. The van der Waals surface area contributed by atoms with E-state index >= 15 is 0 Å². The number of hydrogen-bond donors (Lipinski definition) is 1. The van der Waals surface area contributed by atoms with Gasteiger partial charge in [0.15, 0.2) is 0 Å². The largest absolute Gasteiger partial charge is 0.449 e. The molecule has 0 aromatic carbocycles. The Bertz CT molecular complexity index is 501. The summed E-state index contributed by atoms with van der Waals surface area (Å²) in [5, 5.41) is 3.79. The Hall–Kier alpha value is -1.63. The van der Waals surface area contributed by atoms with E-state index in [0.29, 0.717) is 32.7 Å². The highest BCUT2D eigenvalue weighted by molar-refractivity contribution is 7.11. The number of carbonyl (C=O) groups is 2. The molecule has 1 aliphatic heterocycles. The van der Waals surface area contributed by atoms with Crippen LogP contribution >= 0.6 is 11.3 Å². The number of amides is 2. The molecule has 0 unspecified atom stereocenters. The van der Waals surface area contributed by atoms with E-state index in [-0.39, 0.29) is 12.0 Å². The summed E-state index contributed by atoms with van der Waals surface area (Å²) in [7, 11) is 0. The number of aromatic nitrogens is 1. The number of carbonyl (C=O) groups excluding carboxylic acids is 2. The third kappa shape index (κ3) is 3.93. The quantitative estimate of drug-likeness (QED) is 0.888. The molecule has 0 bridgehead atoms. The summed E-state index contributed by atoms with van der Waals surface area (Å²) < 4.78 is 4.93. The number of cyclic esters (lactones) is 1. The molecule has 0 aliphatic carbocycles. The maximum absolute atomic E-state index is 11.8. The van der Waals surface area contributed by atoms with Crippen molar-refractivity contribution < 1.29 is 14.3 Å². The standard InChI is InChI=1S/C13H19N3O3S/c1-9-11(15-10(2)20-9)8-12(17)14-4-6-16-5-3-7-19-13(16)18/h3-8H2,1-2H3,(H,14,17). The van der Waals surface area contributed by atoms with Crippen LogP contribution in [0.25, 0.3) is 0 Å². The Kier molecular flexibility index (Phi) is 4.94. The average molecular weight is 297 g/mol. The molecule has 110 valence electrons. The molecule has 0 spiro atoms. The van der Waals surface area contributed by atoms with Crippen molar-refractivity contribution in [2.75, 3.05) is 26.2 Å². The maximum atomic E-state index is 11.8. The van der Waals surface area contributed by atoms with Gasteiger partial charge in [-0.25, -0.2) is 9.78 Å². The van der Waals surface area contributed by atoms with Gasteiger partial charge in [-0.3, -0.25) is 4.79 Å². The SMILES string of the molecule is Cc1nc(CC(=O)NCCN2CCCOC2=O)c(C)s1. The minimum absolute atomic E-state index is 0.0659. The highest BCUT2D eigenvalue weighted by Gasteiger charge is 2.19. The van der Waals surface area contributed by atoms with E-state index in [2.05, 4.69) is 10.3 Å². The fourth-order valence-corrected chi connectivity index (χ4v) is 2.92. The molecule has 1 aromatic rings. The molecule has 7 heteroatoms. The first kappa shape index (κ1) is 14.8. The first-order valence-electron chi connectivity index (χ1n) is 6.67. The van der Waals surface area contributed by atoms with Crippen molar-refractivity contribution in [3.8, 4) is 0 Å². The van der Waals surface area contributed by atoms with Crippen molar-refractivity contribution >= 4 is 23.3 Å². The number of ether oxygens (including phenoxy) is 1. The zero-order chi connectivity index (χ0) is 14.5. The van der Waals surface area contributed by atoms with Gasteiger partial charge in [0.1, 0.15) is 0 Å². The van der Waals surface area contributed by atoms with Gasteiger partial charge in [0.2, 0.25) is 5.91 Å². The zero-order valence-corrected chi connectivity index (χ0v) is 12.6. The van der Waals surface area contributed by atoms with E-state index in [1.807, 2.05) is 13.8 Å². The number of nitrogens with one attached hydrogen (secondary N) is 1. The molecule has 1 aromatic heterocycles. The molecule has 2 rings (SSSR count). The second-order valence-electron chi connectivity index (χ2n) is 4.72. The fourth-order valence-electron chi connectivity index (χ4n) is 2.08. The number of rotatable bonds is 5. The van der Waals surface area contributed by atoms with E-state index in [1.54, 1.807) is 16.2 Å². The van der Waals surface area contributed by atoms with Crippen LogP contribution in [0.15, 0.2) is 0 Å². The summed E-state index contributed by atoms with van der Waals surface area (Å²) in [4.78, 5) is 30.2. The molecule has 1 fully saturated rings. The van der Waals surface area contributed by atoms with E-state index in [9.17, 15) is 9.59 Å².